The summed E-state index contributed by atoms with van der Waals surface area (Å²) in [6.45, 7) is 5.59. The molecule has 2 aliphatic heterocycles. The third-order valence-corrected chi connectivity index (χ3v) is 7.28. The van der Waals surface area contributed by atoms with Crippen LogP contribution in [0.2, 0.25) is 0 Å². The molecule has 0 bridgehead atoms. The van der Waals surface area contributed by atoms with Crippen LogP contribution in [-0.2, 0) is 4.74 Å². The number of likely N-dealkylation sites (tertiary alicyclic amines) is 1. The van der Waals surface area contributed by atoms with Crippen molar-refractivity contribution in [2.75, 3.05) is 51.9 Å². The number of benzene rings is 2. The molecule has 0 spiro atoms. The number of nitrogens with zero attached hydrogens (tertiary/aromatic N) is 5. The first-order chi connectivity index (χ1) is 18.3. The van der Waals surface area contributed by atoms with E-state index in [9.17, 15) is 0 Å². The Kier molecular flexibility index (Phi) is 7.05. The molecule has 37 heavy (non-hydrogen) atoms. The van der Waals surface area contributed by atoms with Gasteiger partial charge in [-0.25, -0.2) is 9.97 Å². The predicted molar refractivity (Wildman–Crippen MR) is 144 cm³/mol. The summed E-state index contributed by atoms with van der Waals surface area (Å²) in [6.07, 6.45) is 7.24. The van der Waals surface area contributed by atoms with Crippen LogP contribution in [0.4, 0.5) is 5.82 Å². The Morgan fingerprint density at radius 2 is 1.86 bits per heavy atom. The number of methoxy groups -OCH3 is 1. The van der Waals surface area contributed by atoms with Crippen LogP contribution in [0.15, 0.2) is 42.7 Å². The second kappa shape index (κ2) is 10.9. The molecule has 4 aromatic rings. The number of nitrogens with one attached hydrogen (secondary N) is 1. The largest absolute Gasteiger partial charge is 0.493 e. The van der Waals surface area contributed by atoms with Crippen LogP contribution < -0.4 is 14.8 Å². The zero-order valence-electron chi connectivity index (χ0n) is 21.4. The van der Waals surface area contributed by atoms with Gasteiger partial charge in [-0.05, 0) is 63.4 Å². The van der Waals surface area contributed by atoms with E-state index >= 15 is 0 Å². The van der Waals surface area contributed by atoms with E-state index in [1.54, 1.807) is 13.4 Å². The van der Waals surface area contributed by atoms with Crippen LogP contribution in [-0.4, -0.2) is 77.0 Å². The van der Waals surface area contributed by atoms with Gasteiger partial charge in [0.05, 0.1) is 30.3 Å². The highest BCUT2D eigenvalue weighted by Crippen LogP contribution is 2.35. The number of para-hydroxylation sites is 2. The van der Waals surface area contributed by atoms with Gasteiger partial charge >= 0.3 is 0 Å². The smallest absolute Gasteiger partial charge is 0.237 e. The lowest BCUT2D eigenvalue weighted by Gasteiger charge is -2.24. The minimum absolute atomic E-state index is 0.284. The van der Waals surface area contributed by atoms with Crippen molar-refractivity contribution >= 4 is 27.8 Å². The minimum Gasteiger partial charge on any atom is -0.493 e. The number of fused-ring (bicyclic) bond motifs is 2. The molecule has 2 fully saturated rings. The van der Waals surface area contributed by atoms with Gasteiger partial charge in [-0.3, -0.25) is 4.57 Å². The number of imidazole rings is 1. The van der Waals surface area contributed by atoms with Crippen molar-refractivity contribution in [1.29, 1.82) is 0 Å². The number of hydrogen-bond acceptors (Lipinski definition) is 8. The number of anilines is 1. The molecule has 6 rings (SSSR count). The monoisotopic (exact) mass is 502 g/mol. The lowest BCUT2D eigenvalue weighted by atomic mass is 10.1. The Labute approximate surface area is 216 Å². The van der Waals surface area contributed by atoms with Gasteiger partial charge in [-0.2, -0.15) is 4.98 Å². The van der Waals surface area contributed by atoms with Crippen LogP contribution in [0.25, 0.3) is 27.9 Å². The molecular weight excluding hydrogens is 468 g/mol. The van der Waals surface area contributed by atoms with Gasteiger partial charge in [0.15, 0.2) is 11.5 Å². The molecule has 194 valence electrons. The van der Waals surface area contributed by atoms with Crippen LogP contribution in [0, 0.1) is 0 Å². The molecule has 0 aliphatic carbocycles. The number of rotatable bonds is 9. The molecule has 0 radical (unpaired) electrons. The summed E-state index contributed by atoms with van der Waals surface area (Å²) >= 11 is 0. The lowest BCUT2D eigenvalue weighted by Crippen LogP contribution is -2.28. The van der Waals surface area contributed by atoms with Crippen molar-refractivity contribution in [3.63, 3.8) is 0 Å². The average Bonchev–Trinajstić information content (AvgIpc) is 3.61. The first-order valence-corrected chi connectivity index (χ1v) is 13.3. The number of ether oxygens (including phenoxy) is 3. The molecule has 0 unspecified atom stereocenters. The highest BCUT2D eigenvalue weighted by Gasteiger charge is 2.20. The number of aromatic nitrogens is 4. The minimum atomic E-state index is 0.284. The Balaban J connectivity index is 1.35. The lowest BCUT2D eigenvalue weighted by molar-refractivity contribution is 0.0904. The molecule has 4 heterocycles. The molecule has 0 saturated carbocycles. The zero-order valence-corrected chi connectivity index (χ0v) is 21.4. The zero-order chi connectivity index (χ0) is 25.0. The topological polar surface area (TPSA) is 86.6 Å². The summed E-state index contributed by atoms with van der Waals surface area (Å²) in [6, 6.07) is 12.3. The first kappa shape index (κ1) is 23.9. The Morgan fingerprint density at radius 1 is 1.03 bits per heavy atom. The molecule has 2 aromatic heterocycles. The summed E-state index contributed by atoms with van der Waals surface area (Å²) < 4.78 is 19.5. The molecule has 9 heteroatoms. The van der Waals surface area contributed by atoms with Crippen molar-refractivity contribution in [1.82, 2.24) is 24.4 Å². The fourth-order valence-corrected chi connectivity index (χ4v) is 5.24. The molecule has 2 aliphatic rings. The summed E-state index contributed by atoms with van der Waals surface area (Å²) in [7, 11) is 1.68. The van der Waals surface area contributed by atoms with Crippen LogP contribution in [0.5, 0.6) is 11.5 Å². The van der Waals surface area contributed by atoms with Gasteiger partial charge in [0.2, 0.25) is 5.95 Å². The maximum Gasteiger partial charge on any atom is 0.237 e. The Bertz CT molecular complexity index is 1360. The van der Waals surface area contributed by atoms with Crippen molar-refractivity contribution in [2.24, 2.45) is 0 Å². The molecule has 9 nitrogen and oxygen atoms in total. The second-order valence-corrected chi connectivity index (χ2v) is 9.78. The quantitative estimate of drug-likeness (QED) is 0.337. The number of hydrogen-bond donors (Lipinski definition) is 1. The van der Waals surface area contributed by atoms with Gasteiger partial charge in [-0.15, -0.1) is 0 Å². The van der Waals surface area contributed by atoms with Crippen LogP contribution in [0.3, 0.4) is 0 Å². The van der Waals surface area contributed by atoms with Gasteiger partial charge in [0, 0.05) is 37.3 Å². The summed E-state index contributed by atoms with van der Waals surface area (Å²) in [5, 5.41) is 4.57. The van der Waals surface area contributed by atoms with Crippen LogP contribution >= 0.6 is 0 Å². The average molecular weight is 503 g/mol. The summed E-state index contributed by atoms with van der Waals surface area (Å²) in [4.78, 5) is 17.0. The molecule has 2 aromatic carbocycles. The highest BCUT2D eigenvalue weighted by molar-refractivity contribution is 5.92. The van der Waals surface area contributed by atoms with Crippen LogP contribution in [0.1, 0.15) is 32.1 Å². The molecule has 1 N–H and O–H groups in total. The van der Waals surface area contributed by atoms with E-state index < -0.39 is 0 Å². The Morgan fingerprint density at radius 3 is 2.70 bits per heavy atom. The Hall–Kier alpha value is -3.43. The van der Waals surface area contributed by atoms with E-state index in [4.69, 9.17) is 24.2 Å². The van der Waals surface area contributed by atoms with Gasteiger partial charge < -0.3 is 24.4 Å². The standard InChI is InChI=1S/C28H34N6O3/c1-35-25-17-21-23(18-26(25)37-14-6-13-33-11-4-5-12-33)31-28(32-27(21)30-20-9-15-36-16-10-20)34-19-29-22-7-2-3-8-24(22)34/h2-3,7-8,17-20H,4-6,9-16H2,1H3,(H,30,31,32). The normalized spacial score (nSPS) is 17.0. The van der Waals surface area contributed by atoms with Gasteiger partial charge in [0.1, 0.15) is 12.1 Å². The third kappa shape index (κ3) is 5.19. The van der Waals surface area contributed by atoms with E-state index in [-0.39, 0.29) is 6.04 Å². The van der Waals surface area contributed by atoms with E-state index in [1.807, 2.05) is 41.0 Å². The maximum atomic E-state index is 6.22. The first-order valence-electron chi connectivity index (χ1n) is 13.3. The fourth-order valence-electron chi connectivity index (χ4n) is 5.24. The fraction of sp³-hybridized carbons (Fsp3) is 0.464. The summed E-state index contributed by atoms with van der Waals surface area (Å²) in [5.41, 5.74) is 2.67. The van der Waals surface area contributed by atoms with Crippen molar-refractivity contribution in [3.05, 3.63) is 42.7 Å². The van der Waals surface area contributed by atoms with E-state index in [2.05, 4.69) is 15.2 Å². The van der Waals surface area contributed by atoms with Crippen molar-refractivity contribution in [3.8, 4) is 17.4 Å². The molecule has 0 atom stereocenters. The molecule has 0 amide bonds. The predicted octanol–water partition coefficient (Wildman–Crippen LogP) is 4.43. The molecule has 2 saturated heterocycles. The second-order valence-electron chi connectivity index (χ2n) is 9.78. The maximum absolute atomic E-state index is 6.22. The van der Waals surface area contributed by atoms with Gasteiger partial charge in [-0.1, -0.05) is 12.1 Å². The van der Waals surface area contributed by atoms with Crippen molar-refractivity contribution in [2.45, 2.75) is 38.1 Å². The van der Waals surface area contributed by atoms with Gasteiger partial charge in [0.25, 0.3) is 0 Å². The SMILES string of the molecule is COc1cc2c(NC3CCOCC3)nc(-n3cnc4ccccc43)nc2cc1OCCCN1CCCC1. The molecular formula is C28H34N6O3. The third-order valence-electron chi connectivity index (χ3n) is 7.28. The van der Waals surface area contributed by atoms with E-state index in [0.717, 1.165) is 66.8 Å². The summed E-state index contributed by atoms with van der Waals surface area (Å²) in [5.74, 6) is 2.74. The van der Waals surface area contributed by atoms with E-state index in [0.29, 0.717) is 24.1 Å². The van der Waals surface area contributed by atoms with E-state index in [1.165, 1.54) is 25.9 Å². The van der Waals surface area contributed by atoms with Crippen molar-refractivity contribution < 1.29 is 14.2 Å². The highest BCUT2D eigenvalue weighted by atomic mass is 16.5.